The highest BCUT2D eigenvalue weighted by atomic mass is 79.9. The molecule has 0 aromatic rings. The van der Waals surface area contributed by atoms with E-state index in [0.717, 1.165) is 11.4 Å². The molecule has 1 nitrogen and oxygen atoms in total. The van der Waals surface area contributed by atoms with Crippen LogP contribution in [0.1, 0.15) is 0 Å². The van der Waals surface area contributed by atoms with Gasteiger partial charge in [0.2, 0.25) is 0 Å². The summed E-state index contributed by atoms with van der Waals surface area (Å²) < 4.78 is 0. The number of alkyl halides is 1. The molecule has 38 valence electrons. The predicted octanol–water partition coefficient (Wildman–Crippen LogP) is 0.931. The zero-order valence-electron chi connectivity index (χ0n) is 3.28. The van der Waals surface area contributed by atoms with E-state index in [2.05, 4.69) is 21.2 Å². The van der Waals surface area contributed by atoms with Gasteiger partial charge in [-0.2, -0.15) is 0 Å². The Balaban J connectivity index is 0.000000250. The molecule has 0 aromatic heterocycles. The van der Waals surface area contributed by atoms with Crippen LogP contribution in [0.5, 0.6) is 0 Å². The fraction of sp³-hybridized carbons (Fsp3) is 1.00. The van der Waals surface area contributed by atoms with Crippen LogP contribution >= 0.6 is 32.9 Å². The van der Waals surface area contributed by atoms with Crippen molar-refractivity contribution in [1.82, 2.24) is 5.32 Å². The lowest BCUT2D eigenvalue weighted by molar-refractivity contribution is 1.12. The molecule has 0 spiro atoms. The van der Waals surface area contributed by atoms with E-state index in [1.54, 1.807) is 0 Å². The van der Waals surface area contributed by atoms with E-state index < -0.39 is 0 Å². The molecule has 1 rings (SSSR count). The van der Waals surface area contributed by atoms with Crippen molar-refractivity contribution in [2.24, 2.45) is 0 Å². The van der Waals surface area contributed by atoms with Crippen LogP contribution in [-0.2, 0) is 0 Å². The minimum atomic E-state index is 0. The van der Waals surface area contributed by atoms with E-state index >= 15 is 0 Å². The molecule has 0 aromatic carbocycles. The largest absolute Gasteiger partial charge is 0.310 e. The molecule has 0 saturated carbocycles. The van der Waals surface area contributed by atoms with Gasteiger partial charge in [0.1, 0.15) is 0 Å². The number of nitrogens with one attached hydrogen (secondary N) is 1. The van der Waals surface area contributed by atoms with Crippen molar-refractivity contribution in [2.75, 3.05) is 11.9 Å². The van der Waals surface area contributed by atoms with E-state index in [9.17, 15) is 0 Å². The van der Waals surface area contributed by atoms with Crippen LogP contribution in [0.2, 0.25) is 0 Å². The summed E-state index contributed by atoms with van der Waals surface area (Å²) in [5.41, 5.74) is 0. The Hall–Kier alpha value is 0.920. The third kappa shape index (κ3) is 2.16. The van der Waals surface area contributed by atoms with E-state index in [1.165, 1.54) is 6.54 Å². The number of hydrogen-bond donors (Lipinski definition) is 1. The Bertz CT molecular complexity index is 35.8. The summed E-state index contributed by atoms with van der Waals surface area (Å²) in [6.45, 7) is 1.21. The molecule has 1 atom stereocenters. The lowest BCUT2D eigenvalue weighted by Gasteiger charge is -1.69. The second-order valence-electron chi connectivity index (χ2n) is 1.26. The normalized spacial score (nSPS) is 28.5. The van der Waals surface area contributed by atoms with Gasteiger partial charge in [-0.05, 0) is 0 Å². The standard InChI is InChI=1S/C3H6BrN.BrH/c4-1-3-2-5-3;/h3,5H,1-2H2;1H. The van der Waals surface area contributed by atoms with Crippen LogP contribution in [0.15, 0.2) is 0 Å². The summed E-state index contributed by atoms with van der Waals surface area (Å²) >= 11 is 3.31. The van der Waals surface area contributed by atoms with Crippen molar-refractivity contribution < 1.29 is 0 Å². The monoisotopic (exact) mass is 215 g/mol. The number of halogens is 2. The molecule has 1 aliphatic rings. The Morgan fingerprint density at radius 1 is 1.83 bits per heavy atom. The van der Waals surface area contributed by atoms with Crippen LogP contribution in [0, 0.1) is 0 Å². The highest BCUT2D eigenvalue weighted by Crippen LogP contribution is 1.98. The highest BCUT2D eigenvalue weighted by molar-refractivity contribution is 9.09. The Morgan fingerprint density at radius 2 is 2.33 bits per heavy atom. The van der Waals surface area contributed by atoms with Crippen molar-refractivity contribution in [3.05, 3.63) is 0 Å². The van der Waals surface area contributed by atoms with Crippen molar-refractivity contribution in [3.63, 3.8) is 0 Å². The topological polar surface area (TPSA) is 21.9 Å². The van der Waals surface area contributed by atoms with Crippen LogP contribution < -0.4 is 5.32 Å². The van der Waals surface area contributed by atoms with Gasteiger partial charge in [-0.15, -0.1) is 17.0 Å². The average molecular weight is 217 g/mol. The van der Waals surface area contributed by atoms with Crippen LogP contribution in [-0.4, -0.2) is 17.9 Å². The molecule has 0 bridgehead atoms. The molecule has 1 unspecified atom stereocenters. The first-order valence-corrected chi connectivity index (χ1v) is 2.85. The van der Waals surface area contributed by atoms with Gasteiger partial charge in [0.25, 0.3) is 0 Å². The predicted molar refractivity (Wildman–Crippen MR) is 35.9 cm³/mol. The molecular weight excluding hydrogens is 210 g/mol. The summed E-state index contributed by atoms with van der Waals surface area (Å²) in [5, 5.41) is 4.26. The van der Waals surface area contributed by atoms with Crippen molar-refractivity contribution >= 4 is 32.9 Å². The van der Waals surface area contributed by atoms with Gasteiger partial charge < -0.3 is 5.32 Å². The summed E-state index contributed by atoms with van der Waals surface area (Å²) in [4.78, 5) is 0. The second-order valence-corrected chi connectivity index (χ2v) is 1.91. The fourth-order valence-corrected chi connectivity index (χ4v) is 0.650. The number of hydrogen-bond acceptors (Lipinski definition) is 1. The lowest BCUT2D eigenvalue weighted by atomic mass is 10.6. The lowest BCUT2D eigenvalue weighted by Crippen LogP contribution is -1.87. The van der Waals surface area contributed by atoms with Crippen molar-refractivity contribution in [2.45, 2.75) is 6.04 Å². The van der Waals surface area contributed by atoms with Crippen LogP contribution in [0.4, 0.5) is 0 Å². The smallest absolute Gasteiger partial charge is 0.0290 e. The SMILES string of the molecule is Br.BrCC1CN1. The third-order valence-corrected chi connectivity index (χ3v) is 1.46. The summed E-state index contributed by atoms with van der Waals surface area (Å²) in [6.07, 6.45) is 0. The quantitative estimate of drug-likeness (QED) is 0.512. The minimum Gasteiger partial charge on any atom is -0.310 e. The molecule has 1 heterocycles. The van der Waals surface area contributed by atoms with Gasteiger partial charge in [0.05, 0.1) is 0 Å². The third-order valence-electron chi connectivity index (χ3n) is 0.679. The van der Waals surface area contributed by atoms with Crippen molar-refractivity contribution in [1.29, 1.82) is 0 Å². The van der Waals surface area contributed by atoms with Gasteiger partial charge in [-0.25, -0.2) is 0 Å². The zero-order valence-corrected chi connectivity index (χ0v) is 6.58. The fourth-order valence-electron chi connectivity index (χ4n) is 0.192. The molecule has 1 aliphatic heterocycles. The van der Waals surface area contributed by atoms with Crippen LogP contribution in [0.25, 0.3) is 0 Å². The first-order chi connectivity index (χ1) is 2.43. The number of rotatable bonds is 1. The highest BCUT2D eigenvalue weighted by Gasteiger charge is 2.16. The Kier molecular flexibility index (Phi) is 3.45. The second kappa shape index (κ2) is 2.99. The average Bonchev–Trinajstić information content (AvgIpc) is 2.12. The van der Waals surface area contributed by atoms with Gasteiger partial charge in [0, 0.05) is 17.9 Å². The van der Waals surface area contributed by atoms with Gasteiger partial charge >= 0.3 is 0 Å². The van der Waals surface area contributed by atoms with Crippen molar-refractivity contribution in [3.8, 4) is 0 Å². The summed E-state index contributed by atoms with van der Waals surface area (Å²) in [6, 6.07) is 0.801. The van der Waals surface area contributed by atoms with E-state index in [-0.39, 0.29) is 17.0 Å². The molecular formula is C3H7Br2N. The van der Waals surface area contributed by atoms with E-state index in [1.807, 2.05) is 0 Å². The van der Waals surface area contributed by atoms with E-state index in [0.29, 0.717) is 0 Å². The molecule has 0 aliphatic carbocycles. The Morgan fingerprint density at radius 3 is 2.33 bits per heavy atom. The Labute approximate surface area is 56.4 Å². The molecule has 0 radical (unpaired) electrons. The summed E-state index contributed by atoms with van der Waals surface area (Å²) in [7, 11) is 0. The maximum atomic E-state index is 3.31. The molecule has 0 amide bonds. The van der Waals surface area contributed by atoms with Gasteiger partial charge in [-0.3, -0.25) is 0 Å². The summed E-state index contributed by atoms with van der Waals surface area (Å²) in [5.74, 6) is 0. The minimum absolute atomic E-state index is 0. The molecule has 1 fully saturated rings. The van der Waals surface area contributed by atoms with Gasteiger partial charge in [0.15, 0.2) is 0 Å². The van der Waals surface area contributed by atoms with E-state index in [4.69, 9.17) is 0 Å². The molecule has 6 heavy (non-hydrogen) atoms. The maximum absolute atomic E-state index is 3.31. The van der Waals surface area contributed by atoms with Crippen LogP contribution in [0.3, 0.4) is 0 Å². The van der Waals surface area contributed by atoms with Gasteiger partial charge in [-0.1, -0.05) is 15.9 Å². The molecule has 1 N–H and O–H groups in total. The molecule has 1 saturated heterocycles. The molecule has 3 heteroatoms. The zero-order chi connectivity index (χ0) is 3.70. The first kappa shape index (κ1) is 6.92. The first-order valence-electron chi connectivity index (χ1n) is 1.73. The maximum Gasteiger partial charge on any atom is 0.0290 e.